The van der Waals surface area contributed by atoms with Crippen LogP contribution in [0, 0.1) is 13.3 Å². The lowest BCUT2D eigenvalue weighted by molar-refractivity contribution is 0.0987. The molecule has 4 rings (SSSR count). The summed E-state index contributed by atoms with van der Waals surface area (Å²) in [6.07, 6.45) is 5.19. The maximum Gasteiger partial charge on any atom is 0.227 e. The van der Waals surface area contributed by atoms with Crippen LogP contribution in [0.4, 0.5) is 0 Å². The number of benzene rings is 2. The number of nitrogens with zero attached hydrogens (tertiary/aromatic N) is 1. The highest BCUT2D eigenvalue weighted by Gasteiger charge is 2.15. The molecule has 2 aromatic carbocycles. The molecule has 1 radical (unpaired) electrons. The van der Waals surface area contributed by atoms with Crippen LogP contribution in [0.2, 0.25) is 0 Å². The number of hydrogen-bond acceptors (Lipinski definition) is 5. The number of rotatable bonds is 8. The van der Waals surface area contributed by atoms with Gasteiger partial charge in [0.15, 0.2) is 11.5 Å². The van der Waals surface area contributed by atoms with Crippen LogP contribution in [-0.4, -0.2) is 24.0 Å². The Kier molecular flexibility index (Phi) is 5.65. The summed E-state index contributed by atoms with van der Waals surface area (Å²) in [5.74, 6) is 2.33. The average molecular weight is 390 g/mol. The number of carbonyl (C=O) groups is 1. The Morgan fingerprint density at radius 3 is 2.41 bits per heavy atom. The van der Waals surface area contributed by atoms with Gasteiger partial charge in [-0.25, -0.2) is 4.98 Å². The van der Waals surface area contributed by atoms with Crippen LogP contribution in [0.15, 0.2) is 46.9 Å². The van der Waals surface area contributed by atoms with Gasteiger partial charge in [-0.2, -0.15) is 0 Å². The van der Waals surface area contributed by atoms with E-state index in [1.165, 1.54) is 18.1 Å². The number of oxazole rings is 1. The van der Waals surface area contributed by atoms with Gasteiger partial charge in [-0.3, -0.25) is 4.79 Å². The number of fused-ring (bicyclic) bond motifs is 1. The van der Waals surface area contributed by atoms with Crippen molar-refractivity contribution in [1.82, 2.24) is 4.98 Å². The van der Waals surface area contributed by atoms with E-state index in [-0.39, 0.29) is 5.78 Å². The van der Waals surface area contributed by atoms with Gasteiger partial charge in [0.25, 0.3) is 0 Å². The molecule has 149 valence electrons. The fraction of sp³-hybridized carbons (Fsp3) is 0.292. The van der Waals surface area contributed by atoms with E-state index in [9.17, 15) is 4.79 Å². The van der Waals surface area contributed by atoms with Crippen molar-refractivity contribution in [3.8, 4) is 23.0 Å². The zero-order valence-electron chi connectivity index (χ0n) is 16.7. The van der Waals surface area contributed by atoms with E-state index >= 15 is 0 Å². The molecule has 0 saturated carbocycles. The predicted molar refractivity (Wildman–Crippen MR) is 110 cm³/mol. The van der Waals surface area contributed by atoms with E-state index in [0.717, 1.165) is 36.3 Å². The highest BCUT2D eigenvalue weighted by atomic mass is 16.5. The van der Waals surface area contributed by atoms with Gasteiger partial charge in [-0.05, 0) is 73.7 Å². The van der Waals surface area contributed by atoms with Crippen molar-refractivity contribution in [3.63, 3.8) is 0 Å². The molecule has 0 atom stereocenters. The number of ketones is 1. The van der Waals surface area contributed by atoms with Gasteiger partial charge in [-0.15, -0.1) is 0 Å². The fourth-order valence-electron chi connectivity index (χ4n) is 3.44. The second kappa shape index (κ2) is 8.52. The molecule has 1 heterocycles. The number of aromatic nitrogens is 1. The Balaban J connectivity index is 1.24. The fourth-order valence-corrected chi connectivity index (χ4v) is 3.44. The minimum absolute atomic E-state index is 0.123. The molecule has 0 fully saturated rings. The molecule has 1 aliphatic carbocycles. The number of ether oxygens (including phenoxy) is 2. The molecule has 0 aliphatic heterocycles. The molecule has 0 saturated heterocycles. The van der Waals surface area contributed by atoms with Gasteiger partial charge in [0, 0.05) is 18.9 Å². The van der Waals surface area contributed by atoms with Crippen LogP contribution in [0.3, 0.4) is 0 Å². The number of hydrogen-bond donors (Lipinski definition) is 0. The summed E-state index contributed by atoms with van der Waals surface area (Å²) < 4.78 is 17.2. The standard InChI is InChI=1S/C24H24NO4/c1-16-23(17(2)26)29-24(25-16)19-8-10-21(11-9-19)27-13-4-14-28-22-12-7-18-5-3-6-20(18)15-22/h3,7-12,15H,4-6,13-14H2,1-2H3. The Morgan fingerprint density at radius 2 is 1.69 bits per heavy atom. The maximum atomic E-state index is 11.5. The summed E-state index contributed by atoms with van der Waals surface area (Å²) in [6.45, 7) is 4.43. The smallest absolute Gasteiger partial charge is 0.227 e. The number of carbonyl (C=O) groups excluding carboxylic acids is 1. The van der Waals surface area contributed by atoms with Gasteiger partial charge in [0.05, 0.1) is 18.9 Å². The van der Waals surface area contributed by atoms with Crippen LogP contribution < -0.4 is 9.47 Å². The molecule has 5 heteroatoms. The summed E-state index contributed by atoms with van der Waals surface area (Å²) in [4.78, 5) is 15.8. The van der Waals surface area contributed by atoms with Crippen molar-refractivity contribution < 1.29 is 18.7 Å². The Labute approximate surface area is 170 Å². The maximum absolute atomic E-state index is 11.5. The zero-order chi connectivity index (χ0) is 20.2. The molecular weight excluding hydrogens is 366 g/mol. The third-order valence-electron chi connectivity index (χ3n) is 4.95. The average Bonchev–Trinajstić information content (AvgIpc) is 3.34. The zero-order valence-corrected chi connectivity index (χ0v) is 16.7. The molecule has 1 aliphatic rings. The third kappa shape index (κ3) is 4.50. The van der Waals surface area contributed by atoms with Crippen molar-refractivity contribution >= 4 is 5.78 Å². The van der Waals surface area contributed by atoms with Gasteiger partial charge in [-0.1, -0.05) is 6.07 Å². The van der Waals surface area contributed by atoms with Gasteiger partial charge >= 0.3 is 0 Å². The normalized spacial score (nSPS) is 12.6. The molecule has 0 bridgehead atoms. The molecular formula is C24H24NO4. The summed E-state index contributed by atoms with van der Waals surface area (Å²) in [6, 6.07) is 13.8. The highest BCUT2D eigenvalue weighted by molar-refractivity contribution is 5.92. The van der Waals surface area contributed by atoms with Crippen molar-refractivity contribution in [3.05, 3.63) is 71.5 Å². The minimum atomic E-state index is -0.123. The lowest BCUT2D eigenvalue weighted by atomic mass is 10.1. The molecule has 3 aromatic rings. The first kappa shape index (κ1) is 19.2. The monoisotopic (exact) mass is 390 g/mol. The first-order chi connectivity index (χ1) is 14.1. The van der Waals surface area contributed by atoms with E-state index < -0.39 is 0 Å². The van der Waals surface area contributed by atoms with Crippen molar-refractivity contribution in [2.45, 2.75) is 33.1 Å². The van der Waals surface area contributed by atoms with E-state index in [0.29, 0.717) is 30.6 Å². The summed E-state index contributed by atoms with van der Waals surface area (Å²) in [7, 11) is 0. The summed E-state index contributed by atoms with van der Waals surface area (Å²) in [5.41, 5.74) is 4.19. The van der Waals surface area contributed by atoms with Crippen LogP contribution in [0.5, 0.6) is 11.5 Å². The lowest BCUT2D eigenvalue weighted by Crippen LogP contribution is -2.05. The largest absolute Gasteiger partial charge is 0.493 e. The SMILES string of the molecule is CC(=O)c1oc(-c2ccc(OCCCOc3ccc4c(c3)C[CH]C4)cc2)nc1C. The van der Waals surface area contributed by atoms with Gasteiger partial charge < -0.3 is 13.9 Å². The first-order valence-corrected chi connectivity index (χ1v) is 9.88. The highest BCUT2D eigenvalue weighted by Crippen LogP contribution is 2.26. The number of aryl methyl sites for hydroxylation is 1. The van der Waals surface area contributed by atoms with Crippen molar-refractivity contribution in [2.24, 2.45) is 0 Å². The molecule has 29 heavy (non-hydrogen) atoms. The molecule has 0 amide bonds. The topological polar surface area (TPSA) is 61.6 Å². The van der Waals surface area contributed by atoms with E-state index in [4.69, 9.17) is 13.9 Å². The van der Waals surface area contributed by atoms with Gasteiger partial charge in [0.2, 0.25) is 5.89 Å². The van der Waals surface area contributed by atoms with E-state index in [1.807, 2.05) is 30.3 Å². The van der Waals surface area contributed by atoms with Crippen molar-refractivity contribution in [2.75, 3.05) is 13.2 Å². The van der Waals surface area contributed by atoms with Crippen LogP contribution >= 0.6 is 0 Å². The number of Topliss-reactive ketones (excluding diaryl/α,β-unsaturated/α-hetero) is 1. The molecule has 5 nitrogen and oxygen atoms in total. The summed E-state index contributed by atoms with van der Waals surface area (Å²) >= 11 is 0. The molecule has 0 spiro atoms. The Hall–Kier alpha value is -3.08. The Morgan fingerprint density at radius 1 is 1.00 bits per heavy atom. The predicted octanol–water partition coefficient (Wildman–Crippen LogP) is 5.00. The molecule has 0 N–H and O–H groups in total. The molecule has 1 aromatic heterocycles. The second-order valence-electron chi connectivity index (χ2n) is 7.19. The van der Waals surface area contributed by atoms with Crippen molar-refractivity contribution in [1.29, 1.82) is 0 Å². The van der Waals surface area contributed by atoms with Crippen LogP contribution in [0.25, 0.3) is 11.5 Å². The van der Waals surface area contributed by atoms with Gasteiger partial charge in [0.1, 0.15) is 11.5 Å². The van der Waals surface area contributed by atoms with Crippen LogP contribution in [-0.2, 0) is 12.8 Å². The third-order valence-corrected chi connectivity index (χ3v) is 4.95. The quantitative estimate of drug-likeness (QED) is 0.400. The molecule has 0 unspecified atom stereocenters. The summed E-state index contributed by atoms with van der Waals surface area (Å²) in [5, 5.41) is 0. The minimum Gasteiger partial charge on any atom is -0.493 e. The first-order valence-electron chi connectivity index (χ1n) is 9.88. The van der Waals surface area contributed by atoms with Crippen LogP contribution in [0.1, 0.15) is 40.7 Å². The second-order valence-corrected chi connectivity index (χ2v) is 7.19. The van der Waals surface area contributed by atoms with E-state index in [2.05, 4.69) is 23.5 Å². The lowest BCUT2D eigenvalue weighted by Gasteiger charge is -2.09. The van der Waals surface area contributed by atoms with E-state index in [1.54, 1.807) is 6.92 Å². The Bertz CT molecular complexity index is 1000.